The summed E-state index contributed by atoms with van der Waals surface area (Å²) < 4.78 is 0. The molecule has 2 N–H and O–H groups in total. The summed E-state index contributed by atoms with van der Waals surface area (Å²) in [5.74, 6) is 0.732. The van der Waals surface area contributed by atoms with E-state index in [2.05, 4.69) is 20.5 Å². The van der Waals surface area contributed by atoms with E-state index in [1.165, 1.54) is 11.8 Å². The number of amides is 1. The molecule has 2 aromatic heterocycles. The van der Waals surface area contributed by atoms with Crippen LogP contribution in [0.4, 0.5) is 0 Å². The van der Waals surface area contributed by atoms with E-state index in [9.17, 15) is 4.79 Å². The molecular weight excluding hydrogens is 292 g/mol. The average Bonchev–Trinajstić information content (AvgIpc) is 2.95. The normalized spacial score (nSPS) is 13.2. The maximum Gasteiger partial charge on any atom is 0.233 e. The van der Waals surface area contributed by atoms with Crippen LogP contribution in [0.15, 0.2) is 22.7 Å². The molecule has 0 saturated carbocycles. The molecule has 0 aromatic carbocycles. The summed E-state index contributed by atoms with van der Waals surface area (Å²) >= 11 is 2.95. The molecule has 1 atom stereocenters. The van der Waals surface area contributed by atoms with Crippen molar-refractivity contribution in [3.05, 3.63) is 17.5 Å². The van der Waals surface area contributed by atoms with E-state index >= 15 is 0 Å². The first kappa shape index (κ1) is 15.1. The highest BCUT2D eigenvalue weighted by molar-refractivity contribution is 8.00. The minimum Gasteiger partial charge on any atom is -0.351 e. The van der Waals surface area contributed by atoms with Crippen molar-refractivity contribution in [1.82, 2.24) is 20.5 Å². The summed E-state index contributed by atoms with van der Waals surface area (Å²) in [4.78, 5) is 17.4. The Morgan fingerprint density at radius 2 is 2.25 bits per heavy atom. The third-order valence-electron chi connectivity index (χ3n) is 2.37. The summed E-state index contributed by atoms with van der Waals surface area (Å²) in [6.45, 7) is 7.74. The Balaban J connectivity index is 1.98. The van der Waals surface area contributed by atoms with Crippen LogP contribution in [-0.4, -0.2) is 31.9 Å². The maximum absolute atomic E-state index is 12.0. The van der Waals surface area contributed by atoms with Crippen LogP contribution in [0, 0.1) is 0 Å². The van der Waals surface area contributed by atoms with Crippen LogP contribution in [0.5, 0.6) is 0 Å². The molecule has 0 aliphatic carbocycles. The van der Waals surface area contributed by atoms with Gasteiger partial charge < -0.3 is 5.32 Å². The molecule has 0 saturated heterocycles. The third-order valence-corrected chi connectivity index (χ3v) is 4.21. The fourth-order valence-electron chi connectivity index (χ4n) is 1.51. The molecule has 0 unspecified atom stereocenters. The third kappa shape index (κ3) is 4.08. The fourth-order valence-corrected chi connectivity index (χ4v) is 2.89. The Morgan fingerprint density at radius 1 is 1.50 bits per heavy atom. The van der Waals surface area contributed by atoms with Crippen molar-refractivity contribution in [3.8, 4) is 10.7 Å². The number of hydrogen-bond donors (Lipinski definition) is 2. The maximum atomic E-state index is 12.0. The van der Waals surface area contributed by atoms with Gasteiger partial charge in [0.2, 0.25) is 11.1 Å². The number of carbonyl (C=O) groups is 1. The van der Waals surface area contributed by atoms with Gasteiger partial charge in [-0.15, -0.1) is 16.4 Å². The van der Waals surface area contributed by atoms with Gasteiger partial charge in [-0.05, 0) is 39.1 Å². The van der Waals surface area contributed by atoms with Crippen LogP contribution in [-0.2, 0) is 4.79 Å². The zero-order valence-corrected chi connectivity index (χ0v) is 13.6. The minimum absolute atomic E-state index is 0.00928. The quantitative estimate of drug-likeness (QED) is 0.852. The second-order valence-electron chi connectivity index (χ2n) is 5.44. The molecule has 0 radical (unpaired) electrons. The lowest BCUT2D eigenvalue weighted by atomic mass is 10.1. The van der Waals surface area contributed by atoms with E-state index in [0.29, 0.717) is 5.16 Å². The van der Waals surface area contributed by atoms with Crippen LogP contribution in [0.2, 0.25) is 0 Å². The number of nitrogens with one attached hydrogen (secondary N) is 2. The predicted molar refractivity (Wildman–Crippen MR) is 82.9 cm³/mol. The summed E-state index contributed by atoms with van der Waals surface area (Å²) in [7, 11) is 0. The molecule has 20 heavy (non-hydrogen) atoms. The van der Waals surface area contributed by atoms with Crippen LogP contribution in [0.1, 0.15) is 27.7 Å². The van der Waals surface area contributed by atoms with Crippen LogP contribution < -0.4 is 5.32 Å². The van der Waals surface area contributed by atoms with Gasteiger partial charge in [0, 0.05) is 5.54 Å². The number of aromatic nitrogens is 3. The lowest BCUT2D eigenvalue weighted by Crippen LogP contribution is -2.44. The van der Waals surface area contributed by atoms with Crippen molar-refractivity contribution in [1.29, 1.82) is 0 Å². The lowest BCUT2D eigenvalue weighted by molar-refractivity contribution is -0.121. The molecule has 0 aliphatic heterocycles. The second kappa shape index (κ2) is 5.97. The van der Waals surface area contributed by atoms with Crippen molar-refractivity contribution in [3.63, 3.8) is 0 Å². The van der Waals surface area contributed by atoms with Crippen molar-refractivity contribution in [2.75, 3.05) is 0 Å². The SMILES string of the molecule is C[C@H](Sc1n[nH]c(-c2cccs2)n1)C(=O)NC(C)(C)C. The van der Waals surface area contributed by atoms with Crippen LogP contribution >= 0.6 is 23.1 Å². The standard InChI is InChI=1S/C13H18N4OS2/c1-8(11(18)15-13(2,3)4)20-12-14-10(16-17-12)9-6-5-7-19-9/h5-8H,1-4H3,(H,15,18)(H,14,16,17)/t8-/m0/s1. The second-order valence-corrected chi connectivity index (χ2v) is 7.70. The number of thiophene rings is 1. The lowest BCUT2D eigenvalue weighted by Gasteiger charge is -2.22. The predicted octanol–water partition coefficient (Wildman–Crippen LogP) is 2.93. The van der Waals surface area contributed by atoms with Gasteiger partial charge in [-0.2, -0.15) is 0 Å². The molecule has 108 valence electrons. The molecule has 0 spiro atoms. The van der Waals surface area contributed by atoms with Gasteiger partial charge in [-0.3, -0.25) is 9.89 Å². The van der Waals surface area contributed by atoms with Crippen LogP contribution in [0.25, 0.3) is 10.7 Å². The van der Waals surface area contributed by atoms with Gasteiger partial charge in [-0.25, -0.2) is 4.98 Å². The molecule has 7 heteroatoms. The van der Waals surface area contributed by atoms with E-state index in [1.54, 1.807) is 11.3 Å². The van der Waals surface area contributed by atoms with Gasteiger partial charge in [-0.1, -0.05) is 17.8 Å². The average molecular weight is 310 g/mol. The Bertz CT molecular complexity index is 571. The highest BCUT2D eigenvalue weighted by atomic mass is 32.2. The summed E-state index contributed by atoms with van der Waals surface area (Å²) in [6, 6.07) is 3.95. The molecule has 0 fully saturated rings. The molecule has 0 aliphatic rings. The fraction of sp³-hybridized carbons (Fsp3) is 0.462. The molecule has 2 rings (SSSR count). The molecule has 1 amide bonds. The highest BCUT2D eigenvalue weighted by Gasteiger charge is 2.21. The van der Waals surface area contributed by atoms with E-state index in [1.807, 2.05) is 45.2 Å². The number of aromatic amines is 1. The summed E-state index contributed by atoms with van der Waals surface area (Å²) in [5.41, 5.74) is -0.229. The number of H-pyrrole nitrogens is 1. The Kier molecular flexibility index (Phi) is 4.49. The largest absolute Gasteiger partial charge is 0.351 e. The zero-order valence-electron chi connectivity index (χ0n) is 11.9. The zero-order chi connectivity index (χ0) is 14.8. The van der Waals surface area contributed by atoms with Crippen molar-refractivity contribution in [2.24, 2.45) is 0 Å². The van der Waals surface area contributed by atoms with Gasteiger partial charge >= 0.3 is 0 Å². The number of carbonyl (C=O) groups excluding carboxylic acids is 1. The summed E-state index contributed by atoms with van der Waals surface area (Å²) in [6.07, 6.45) is 0. The minimum atomic E-state index is -0.235. The Hall–Kier alpha value is -1.34. The first-order valence-corrected chi connectivity index (χ1v) is 8.06. The molecular formula is C13H18N4OS2. The van der Waals surface area contributed by atoms with Crippen molar-refractivity contribution < 1.29 is 4.79 Å². The van der Waals surface area contributed by atoms with E-state index in [-0.39, 0.29) is 16.7 Å². The molecule has 2 aromatic rings. The topological polar surface area (TPSA) is 70.7 Å². The van der Waals surface area contributed by atoms with Gasteiger partial charge in [0.25, 0.3) is 0 Å². The smallest absolute Gasteiger partial charge is 0.233 e. The van der Waals surface area contributed by atoms with Gasteiger partial charge in [0.15, 0.2) is 5.82 Å². The number of nitrogens with zero attached hydrogens (tertiary/aromatic N) is 2. The first-order chi connectivity index (χ1) is 9.35. The van der Waals surface area contributed by atoms with E-state index in [0.717, 1.165) is 10.7 Å². The number of thioether (sulfide) groups is 1. The number of rotatable bonds is 4. The van der Waals surface area contributed by atoms with Gasteiger partial charge in [0.05, 0.1) is 10.1 Å². The van der Waals surface area contributed by atoms with Gasteiger partial charge in [0.1, 0.15) is 0 Å². The van der Waals surface area contributed by atoms with E-state index < -0.39 is 0 Å². The van der Waals surface area contributed by atoms with Crippen LogP contribution in [0.3, 0.4) is 0 Å². The number of hydrogen-bond acceptors (Lipinski definition) is 5. The molecule has 2 heterocycles. The molecule has 0 bridgehead atoms. The first-order valence-electron chi connectivity index (χ1n) is 6.30. The monoisotopic (exact) mass is 310 g/mol. The Labute approximate surface area is 126 Å². The van der Waals surface area contributed by atoms with Crippen molar-refractivity contribution in [2.45, 2.75) is 43.6 Å². The summed E-state index contributed by atoms with van der Waals surface area (Å²) in [5, 5.41) is 12.3. The van der Waals surface area contributed by atoms with E-state index in [4.69, 9.17) is 0 Å². The Morgan fingerprint density at radius 3 is 2.85 bits per heavy atom. The van der Waals surface area contributed by atoms with Crippen molar-refractivity contribution >= 4 is 29.0 Å². The molecule has 5 nitrogen and oxygen atoms in total. The highest BCUT2D eigenvalue weighted by Crippen LogP contribution is 2.25.